The van der Waals surface area contributed by atoms with E-state index in [9.17, 15) is 13.2 Å². The second-order valence-corrected chi connectivity index (χ2v) is 9.73. The zero-order valence-electron chi connectivity index (χ0n) is 15.1. The van der Waals surface area contributed by atoms with Gasteiger partial charge < -0.3 is 5.32 Å². The second-order valence-electron chi connectivity index (χ2n) is 7.50. The van der Waals surface area contributed by atoms with Gasteiger partial charge in [0.2, 0.25) is 5.91 Å². The van der Waals surface area contributed by atoms with Crippen LogP contribution in [-0.2, 0) is 27.5 Å². The van der Waals surface area contributed by atoms with Crippen LogP contribution in [0.15, 0.2) is 18.2 Å². The van der Waals surface area contributed by atoms with Crippen molar-refractivity contribution in [2.45, 2.75) is 51.1 Å². The van der Waals surface area contributed by atoms with E-state index in [0.29, 0.717) is 6.42 Å². The number of benzene rings is 1. The number of likely N-dealkylation sites (N-methyl/N-ethyl adjacent to an activating group) is 1. The molecule has 0 aromatic heterocycles. The van der Waals surface area contributed by atoms with Crippen LogP contribution in [0.4, 0.5) is 0 Å². The Kier molecular flexibility index (Phi) is 5.49. The average molecular weight is 365 g/mol. The molecule has 0 radical (unpaired) electrons. The molecule has 3 rings (SSSR count). The van der Waals surface area contributed by atoms with Gasteiger partial charge in [0.05, 0.1) is 24.1 Å². The van der Waals surface area contributed by atoms with Gasteiger partial charge in [-0.15, -0.1) is 0 Å². The fourth-order valence-electron chi connectivity index (χ4n) is 3.87. The topological polar surface area (TPSA) is 66.5 Å². The Morgan fingerprint density at radius 1 is 1.28 bits per heavy atom. The highest BCUT2D eigenvalue weighted by atomic mass is 32.2. The highest BCUT2D eigenvalue weighted by Gasteiger charge is 2.31. The lowest BCUT2D eigenvalue weighted by Gasteiger charge is -2.24. The molecular formula is C19H28N2O3S. The van der Waals surface area contributed by atoms with Gasteiger partial charge in [0.25, 0.3) is 0 Å². The van der Waals surface area contributed by atoms with Crippen molar-refractivity contribution in [3.8, 4) is 0 Å². The predicted molar refractivity (Wildman–Crippen MR) is 99.3 cm³/mol. The van der Waals surface area contributed by atoms with E-state index >= 15 is 0 Å². The lowest BCUT2D eigenvalue weighted by atomic mass is 9.89. The van der Waals surface area contributed by atoms with E-state index in [0.717, 1.165) is 18.4 Å². The molecule has 2 atom stereocenters. The number of nitrogens with zero attached hydrogens (tertiary/aromatic N) is 1. The van der Waals surface area contributed by atoms with Crippen LogP contribution in [0.3, 0.4) is 0 Å². The molecule has 2 unspecified atom stereocenters. The van der Waals surface area contributed by atoms with Crippen molar-refractivity contribution in [2.24, 2.45) is 0 Å². The number of carbonyl (C=O) groups excluding carboxylic acids is 1. The summed E-state index contributed by atoms with van der Waals surface area (Å²) in [6.07, 6.45) is 5.41. The predicted octanol–water partition coefficient (Wildman–Crippen LogP) is 1.86. The maximum Gasteiger partial charge on any atom is 0.234 e. The molecule has 1 aliphatic carbocycles. The molecule has 1 amide bonds. The Bertz CT molecular complexity index is 745. The van der Waals surface area contributed by atoms with Crippen molar-refractivity contribution in [1.82, 2.24) is 10.2 Å². The Hall–Kier alpha value is -1.40. The highest BCUT2D eigenvalue weighted by molar-refractivity contribution is 7.91. The molecular weight excluding hydrogens is 336 g/mol. The lowest BCUT2D eigenvalue weighted by molar-refractivity contribution is -0.123. The Morgan fingerprint density at radius 2 is 2.00 bits per heavy atom. The number of sulfone groups is 1. The third-order valence-corrected chi connectivity index (χ3v) is 7.23. The number of hydrogen-bond acceptors (Lipinski definition) is 4. The van der Waals surface area contributed by atoms with Gasteiger partial charge in [-0.05, 0) is 62.8 Å². The first-order chi connectivity index (χ1) is 11.8. The minimum absolute atomic E-state index is 0.0413. The summed E-state index contributed by atoms with van der Waals surface area (Å²) >= 11 is 0. The normalized spacial score (nSPS) is 23.2. The summed E-state index contributed by atoms with van der Waals surface area (Å²) in [6, 6.07) is 6.45. The third-order valence-electron chi connectivity index (χ3n) is 5.47. The zero-order valence-corrected chi connectivity index (χ0v) is 15.9. The number of fused-ring (bicyclic) bond motifs is 1. The number of amides is 1. The molecule has 1 N–H and O–H groups in total. The lowest BCUT2D eigenvalue weighted by Crippen LogP contribution is -2.41. The van der Waals surface area contributed by atoms with Crippen LogP contribution >= 0.6 is 0 Å². The monoisotopic (exact) mass is 364 g/mol. The molecule has 0 saturated carbocycles. The zero-order chi connectivity index (χ0) is 18.0. The molecule has 1 aliphatic heterocycles. The van der Waals surface area contributed by atoms with Crippen molar-refractivity contribution >= 4 is 15.7 Å². The SMILES string of the molecule is CC(NC(=O)CN(C)C1CCS(=O)(=O)C1)c1ccc2c(c1)CCCC2. The van der Waals surface area contributed by atoms with E-state index in [1.807, 2.05) is 18.9 Å². The van der Waals surface area contributed by atoms with E-state index in [2.05, 4.69) is 23.5 Å². The Labute approximate surface area is 150 Å². The summed E-state index contributed by atoms with van der Waals surface area (Å²) in [6.45, 7) is 2.23. The summed E-state index contributed by atoms with van der Waals surface area (Å²) < 4.78 is 23.2. The summed E-state index contributed by atoms with van der Waals surface area (Å²) in [7, 11) is -1.10. The Morgan fingerprint density at radius 3 is 2.68 bits per heavy atom. The molecule has 1 aromatic rings. The number of rotatable bonds is 5. The number of aryl methyl sites for hydroxylation is 2. The van der Waals surface area contributed by atoms with Crippen molar-refractivity contribution < 1.29 is 13.2 Å². The van der Waals surface area contributed by atoms with Gasteiger partial charge in [0.1, 0.15) is 0 Å². The molecule has 0 bridgehead atoms. The van der Waals surface area contributed by atoms with Gasteiger partial charge in [0, 0.05) is 6.04 Å². The van der Waals surface area contributed by atoms with Crippen LogP contribution in [0.5, 0.6) is 0 Å². The maximum absolute atomic E-state index is 12.3. The Balaban J connectivity index is 1.55. The molecule has 1 heterocycles. The summed E-state index contributed by atoms with van der Waals surface area (Å²) in [5, 5.41) is 3.05. The van der Waals surface area contributed by atoms with Crippen LogP contribution in [0.25, 0.3) is 0 Å². The molecule has 1 saturated heterocycles. The van der Waals surface area contributed by atoms with E-state index in [-0.39, 0.29) is 36.0 Å². The summed E-state index contributed by atoms with van der Waals surface area (Å²) in [5.41, 5.74) is 3.99. The van der Waals surface area contributed by atoms with Crippen molar-refractivity contribution in [1.29, 1.82) is 0 Å². The molecule has 25 heavy (non-hydrogen) atoms. The van der Waals surface area contributed by atoms with Gasteiger partial charge in [-0.25, -0.2) is 8.42 Å². The first kappa shape index (κ1) is 18.4. The van der Waals surface area contributed by atoms with Crippen molar-refractivity contribution in [3.05, 3.63) is 34.9 Å². The molecule has 0 spiro atoms. The van der Waals surface area contributed by atoms with E-state index in [1.165, 1.54) is 24.0 Å². The molecule has 5 nitrogen and oxygen atoms in total. The standard InChI is InChI=1S/C19H28N2O3S/c1-14(16-8-7-15-5-3-4-6-17(15)11-16)20-19(22)12-21(2)18-9-10-25(23,24)13-18/h7-8,11,14,18H,3-6,9-10,12-13H2,1-2H3,(H,20,22). The molecule has 1 aromatic carbocycles. The van der Waals surface area contributed by atoms with Crippen molar-refractivity contribution in [2.75, 3.05) is 25.1 Å². The first-order valence-corrected chi connectivity index (χ1v) is 11.0. The largest absolute Gasteiger partial charge is 0.348 e. The summed E-state index contributed by atoms with van der Waals surface area (Å²) in [4.78, 5) is 14.2. The van der Waals surface area contributed by atoms with Gasteiger partial charge in [-0.1, -0.05) is 18.2 Å². The van der Waals surface area contributed by atoms with E-state index in [1.54, 1.807) is 0 Å². The highest BCUT2D eigenvalue weighted by Crippen LogP contribution is 2.24. The third kappa shape index (κ3) is 4.61. The van der Waals surface area contributed by atoms with Crippen molar-refractivity contribution in [3.63, 3.8) is 0 Å². The molecule has 6 heteroatoms. The minimum Gasteiger partial charge on any atom is -0.348 e. The molecule has 1 fully saturated rings. The van der Waals surface area contributed by atoms with Crippen LogP contribution in [-0.4, -0.2) is 50.4 Å². The van der Waals surface area contributed by atoms with E-state index < -0.39 is 9.84 Å². The maximum atomic E-state index is 12.3. The van der Waals surface area contributed by atoms with Gasteiger partial charge in [-0.3, -0.25) is 9.69 Å². The van der Waals surface area contributed by atoms with Crippen LogP contribution < -0.4 is 5.32 Å². The fourth-order valence-corrected chi connectivity index (χ4v) is 5.68. The minimum atomic E-state index is -2.92. The fraction of sp³-hybridized carbons (Fsp3) is 0.632. The molecule has 138 valence electrons. The number of nitrogens with one attached hydrogen (secondary N) is 1. The molecule has 2 aliphatic rings. The average Bonchev–Trinajstić information content (AvgIpc) is 2.94. The van der Waals surface area contributed by atoms with Gasteiger partial charge >= 0.3 is 0 Å². The van der Waals surface area contributed by atoms with E-state index in [4.69, 9.17) is 0 Å². The summed E-state index contributed by atoms with van der Waals surface area (Å²) in [5.74, 6) is 0.337. The van der Waals surface area contributed by atoms with Crippen LogP contribution in [0, 0.1) is 0 Å². The van der Waals surface area contributed by atoms with Gasteiger partial charge in [0.15, 0.2) is 9.84 Å². The smallest absolute Gasteiger partial charge is 0.234 e. The number of carbonyl (C=O) groups is 1. The van der Waals surface area contributed by atoms with Crippen LogP contribution in [0.1, 0.15) is 48.9 Å². The second kappa shape index (κ2) is 7.46. The van der Waals surface area contributed by atoms with Crippen LogP contribution in [0.2, 0.25) is 0 Å². The quantitative estimate of drug-likeness (QED) is 0.866. The van der Waals surface area contributed by atoms with Gasteiger partial charge in [-0.2, -0.15) is 0 Å². The first-order valence-electron chi connectivity index (χ1n) is 9.16. The number of hydrogen-bond donors (Lipinski definition) is 1.